The van der Waals surface area contributed by atoms with Crippen LogP contribution in [0.3, 0.4) is 0 Å². The molecule has 3 aliphatic heterocycles. The maximum Gasteiger partial charge on any atom is 0.263 e. The predicted octanol–water partition coefficient (Wildman–Crippen LogP) is 7.33. The molecule has 4 fully saturated rings. The van der Waals surface area contributed by atoms with Gasteiger partial charge in [-0.25, -0.2) is 17.5 Å². The molecule has 8 rings (SSSR count). The van der Waals surface area contributed by atoms with Gasteiger partial charge in [0.25, 0.3) is 5.56 Å². The number of alkyl halides is 1. The van der Waals surface area contributed by atoms with Crippen molar-refractivity contribution in [3.8, 4) is 0 Å². The van der Waals surface area contributed by atoms with Gasteiger partial charge in [-0.1, -0.05) is 37.1 Å². The zero-order valence-electron chi connectivity index (χ0n) is 32.0. The summed E-state index contributed by atoms with van der Waals surface area (Å²) in [5.41, 5.74) is 2.92. The van der Waals surface area contributed by atoms with Crippen LogP contribution in [0.15, 0.2) is 53.6 Å². The fourth-order valence-corrected chi connectivity index (χ4v) is 9.88. The van der Waals surface area contributed by atoms with Gasteiger partial charge in [0.05, 0.1) is 46.2 Å². The second kappa shape index (κ2) is 15.9. The summed E-state index contributed by atoms with van der Waals surface area (Å²) < 4.78 is 19.2. The van der Waals surface area contributed by atoms with Crippen LogP contribution in [0.25, 0.3) is 11.0 Å². The summed E-state index contributed by atoms with van der Waals surface area (Å²) in [5.74, 6) is 0.436. The number of hydrogen-bond acceptors (Lipinski definition) is 10. The number of Topliss-reactive ketones (excluding diaryl/α,β-unsaturated/α-hetero) is 1. The molecule has 4 aliphatic rings. The minimum absolute atomic E-state index is 0.00306. The first-order chi connectivity index (χ1) is 27.0. The van der Waals surface area contributed by atoms with Crippen LogP contribution in [-0.2, 0) is 9.59 Å². The van der Waals surface area contributed by atoms with Crippen LogP contribution >= 0.6 is 22.9 Å². The van der Waals surface area contributed by atoms with Crippen molar-refractivity contribution in [2.75, 3.05) is 42.9 Å². The first-order valence-corrected chi connectivity index (χ1v) is 20.9. The number of benzene rings is 1. The van der Waals surface area contributed by atoms with Crippen molar-refractivity contribution in [2.24, 2.45) is 0 Å². The third-order valence-electron chi connectivity index (χ3n) is 12.5. The first-order valence-electron chi connectivity index (χ1n) is 19.9. The van der Waals surface area contributed by atoms with Crippen LogP contribution in [0, 0.1) is 6.92 Å². The smallest absolute Gasteiger partial charge is 0.263 e. The fraction of sp³-hybridized carbons (Fsp3) is 0.500. The van der Waals surface area contributed by atoms with E-state index in [0.29, 0.717) is 79.6 Å². The molecule has 6 heterocycles. The molecule has 1 N–H and O–H groups in total. The second-order valence-electron chi connectivity index (χ2n) is 16.1. The van der Waals surface area contributed by atoms with Crippen molar-refractivity contribution >= 4 is 68.9 Å². The van der Waals surface area contributed by atoms with Gasteiger partial charge in [0.2, 0.25) is 17.8 Å². The lowest BCUT2D eigenvalue weighted by Gasteiger charge is -2.42. The lowest BCUT2D eigenvalue weighted by atomic mass is 9.84. The average Bonchev–Trinajstić information content (AvgIpc) is 3.72. The molecular formula is C42H48FIN8O4. The molecule has 1 aliphatic carbocycles. The molecule has 1 aromatic carbocycles. The van der Waals surface area contributed by atoms with E-state index in [1.54, 1.807) is 23.9 Å². The number of fused-ring (bicyclic) bond motifs is 1. The standard InChI is InChI=1S/C42H48FIN8O4/c1-26-34-24-46-41(48-38(34)51(31-8-3-4-9-31)40(56)37(26)27(2)53)47-35-12-10-32(23-45-35)50-20-16-42(43,17-21-50)25-49-18-14-28(15-19-49)29-6-5-7-30(22-29)33-11-13-36(54)52(44)39(33)55/h5-7,10,12,22-24,28,31,33H,3-4,8-9,11,13-21,25H2,1-2H3,(H,45,46,47,48). The molecule has 14 heteroatoms. The molecule has 1 saturated carbocycles. The number of imide groups is 1. The molecule has 0 bridgehead atoms. The molecule has 3 aromatic heterocycles. The average molecular weight is 875 g/mol. The Balaban J connectivity index is 0.857. The van der Waals surface area contributed by atoms with E-state index in [1.165, 1.54) is 15.6 Å². The van der Waals surface area contributed by atoms with Gasteiger partial charge in [0, 0.05) is 56.5 Å². The number of carbonyl (C=O) groups is 3. The predicted molar refractivity (Wildman–Crippen MR) is 222 cm³/mol. The van der Waals surface area contributed by atoms with Gasteiger partial charge in [-0.3, -0.25) is 23.7 Å². The minimum atomic E-state index is -1.25. The number of carbonyl (C=O) groups excluding carboxylic acids is 3. The topological polar surface area (TPSA) is 134 Å². The monoisotopic (exact) mass is 874 g/mol. The number of aryl methyl sites for hydroxylation is 1. The second-order valence-corrected chi connectivity index (χ2v) is 17.1. The molecule has 12 nitrogen and oxygen atoms in total. The van der Waals surface area contributed by atoms with E-state index in [0.717, 1.165) is 62.9 Å². The van der Waals surface area contributed by atoms with E-state index in [-0.39, 0.29) is 40.7 Å². The van der Waals surface area contributed by atoms with Gasteiger partial charge in [0.1, 0.15) is 17.1 Å². The summed E-state index contributed by atoms with van der Waals surface area (Å²) in [4.78, 5) is 69.2. The van der Waals surface area contributed by atoms with Crippen molar-refractivity contribution < 1.29 is 18.8 Å². The Morgan fingerprint density at radius 3 is 2.38 bits per heavy atom. The van der Waals surface area contributed by atoms with E-state index in [4.69, 9.17) is 4.98 Å². The number of likely N-dealkylation sites (tertiary alicyclic amines) is 1. The highest BCUT2D eigenvalue weighted by Crippen LogP contribution is 2.37. The molecule has 294 valence electrons. The number of pyridine rings is 2. The molecule has 4 aromatic rings. The molecule has 2 amide bonds. The maximum atomic E-state index is 16.3. The SMILES string of the molecule is CC(=O)c1c(C)c2cnc(Nc3ccc(N4CCC(F)(CN5CCC(c6cccc(C7CCC(=O)N(I)C7=O)c6)CC5)CC4)cn3)nc2n(C2CCCC2)c1=O. The molecular weight excluding hydrogens is 826 g/mol. The van der Waals surface area contributed by atoms with Crippen molar-refractivity contribution in [3.63, 3.8) is 0 Å². The summed E-state index contributed by atoms with van der Waals surface area (Å²) in [5, 5.41) is 3.88. The zero-order valence-corrected chi connectivity index (χ0v) is 34.1. The van der Waals surface area contributed by atoms with E-state index in [1.807, 2.05) is 47.1 Å². The Bertz CT molecular complexity index is 2210. The summed E-state index contributed by atoms with van der Waals surface area (Å²) in [6, 6.07) is 12.1. The number of nitrogens with zero attached hydrogens (tertiary/aromatic N) is 7. The Morgan fingerprint density at radius 1 is 0.946 bits per heavy atom. The summed E-state index contributed by atoms with van der Waals surface area (Å²) >= 11 is 1.82. The molecule has 1 unspecified atom stereocenters. The largest absolute Gasteiger partial charge is 0.370 e. The van der Waals surface area contributed by atoms with Crippen LogP contribution in [0.5, 0.6) is 0 Å². The lowest BCUT2D eigenvalue weighted by molar-refractivity contribution is -0.140. The van der Waals surface area contributed by atoms with E-state index < -0.39 is 5.67 Å². The molecule has 3 saturated heterocycles. The van der Waals surface area contributed by atoms with E-state index >= 15 is 4.39 Å². The third kappa shape index (κ3) is 7.70. The number of hydrogen-bond donors (Lipinski definition) is 1. The van der Waals surface area contributed by atoms with Gasteiger partial charge >= 0.3 is 0 Å². The number of aromatic nitrogens is 4. The summed E-state index contributed by atoms with van der Waals surface area (Å²) in [6.07, 6.45) is 11.0. The van der Waals surface area contributed by atoms with E-state index in [2.05, 4.69) is 37.2 Å². The Labute approximate surface area is 339 Å². The van der Waals surface area contributed by atoms with Crippen LogP contribution in [0.1, 0.15) is 116 Å². The summed E-state index contributed by atoms with van der Waals surface area (Å²) in [6.45, 7) is 6.51. The van der Waals surface area contributed by atoms with Crippen LogP contribution < -0.4 is 15.8 Å². The van der Waals surface area contributed by atoms with Crippen LogP contribution in [0.4, 0.5) is 21.8 Å². The van der Waals surface area contributed by atoms with Gasteiger partial charge < -0.3 is 15.1 Å². The van der Waals surface area contributed by atoms with Crippen LogP contribution in [0.2, 0.25) is 0 Å². The molecule has 0 spiro atoms. The number of nitrogens with one attached hydrogen (secondary N) is 1. The zero-order chi connectivity index (χ0) is 39.1. The number of rotatable bonds is 9. The quantitative estimate of drug-likeness (QED) is 0.0790. The number of halogens is 2. The van der Waals surface area contributed by atoms with Gasteiger partial charge in [-0.05, 0) is 93.8 Å². The molecule has 1 atom stereocenters. The first kappa shape index (κ1) is 38.6. The number of anilines is 3. The van der Waals surface area contributed by atoms with Crippen molar-refractivity contribution in [2.45, 2.75) is 102 Å². The highest BCUT2D eigenvalue weighted by Gasteiger charge is 2.38. The van der Waals surface area contributed by atoms with Crippen molar-refractivity contribution in [3.05, 3.63) is 81.4 Å². The van der Waals surface area contributed by atoms with Crippen molar-refractivity contribution in [1.29, 1.82) is 0 Å². The fourth-order valence-electron chi connectivity index (χ4n) is 9.31. The summed E-state index contributed by atoms with van der Waals surface area (Å²) in [7, 11) is 0. The minimum Gasteiger partial charge on any atom is -0.370 e. The Hall–Kier alpha value is -4.31. The van der Waals surface area contributed by atoms with Gasteiger partial charge in [0.15, 0.2) is 5.78 Å². The third-order valence-corrected chi connectivity index (χ3v) is 13.5. The van der Waals surface area contributed by atoms with Crippen molar-refractivity contribution in [1.82, 2.24) is 27.5 Å². The van der Waals surface area contributed by atoms with Gasteiger partial charge in [-0.2, -0.15) is 4.98 Å². The maximum absolute atomic E-state index is 16.3. The normalized spacial score (nSPS) is 21.2. The number of piperidine rings is 3. The Kier molecular flexibility index (Phi) is 11.0. The van der Waals surface area contributed by atoms with Gasteiger partial charge in [-0.15, -0.1) is 0 Å². The highest BCUT2D eigenvalue weighted by atomic mass is 127. The lowest BCUT2D eigenvalue weighted by Crippen LogP contribution is -2.49. The highest BCUT2D eigenvalue weighted by molar-refractivity contribution is 14.1. The molecule has 0 radical (unpaired) electrons. The molecule has 56 heavy (non-hydrogen) atoms. The Morgan fingerprint density at radius 2 is 1.68 bits per heavy atom. The van der Waals surface area contributed by atoms with Crippen LogP contribution in [-0.4, -0.2) is 83.5 Å². The number of ketones is 1. The van der Waals surface area contributed by atoms with E-state index in [9.17, 15) is 19.2 Å². The number of amides is 2.